The Hall–Kier alpha value is -0.850. The number of nitrogens with zero attached hydrogens (tertiary/aromatic N) is 1. The zero-order valence-electron chi connectivity index (χ0n) is 14.5. The number of morpholine rings is 1. The third-order valence-corrected chi connectivity index (χ3v) is 4.68. The van der Waals surface area contributed by atoms with E-state index in [-0.39, 0.29) is 42.9 Å². The Morgan fingerprint density at radius 1 is 1.24 bits per heavy atom. The number of benzene rings is 1. The van der Waals surface area contributed by atoms with Crippen LogP contribution in [0.2, 0.25) is 0 Å². The Balaban J connectivity index is 0.00000156. The summed E-state index contributed by atoms with van der Waals surface area (Å²) >= 11 is 0. The van der Waals surface area contributed by atoms with Gasteiger partial charge in [-0.1, -0.05) is 30.3 Å². The lowest BCUT2D eigenvalue weighted by Crippen LogP contribution is -2.43. The molecule has 2 saturated heterocycles. The topological polar surface area (TPSA) is 53.6 Å². The SMILES string of the molecule is Cl.Cl.O=C(CC1CNCCO1)NCC(c1ccccc1)N1CCCC1. The molecule has 3 rings (SSSR count). The van der Waals surface area contributed by atoms with E-state index in [0.717, 1.165) is 26.2 Å². The van der Waals surface area contributed by atoms with Gasteiger partial charge in [-0.05, 0) is 31.5 Å². The van der Waals surface area contributed by atoms with Crippen LogP contribution in [0, 0.1) is 0 Å². The number of hydrogen-bond acceptors (Lipinski definition) is 4. The van der Waals surface area contributed by atoms with Gasteiger partial charge in [-0.3, -0.25) is 9.69 Å². The van der Waals surface area contributed by atoms with Gasteiger partial charge < -0.3 is 15.4 Å². The van der Waals surface area contributed by atoms with Crippen LogP contribution in [0.4, 0.5) is 0 Å². The molecule has 0 aromatic heterocycles. The average molecular weight is 390 g/mol. The molecule has 0 aliphatic carbocycles. The molecule has 2 fully saturated rings. The molecule has 2 heterocycles. The summed E-state index contributed by atoms with van der Waals surface area (Å²) < 4.78 is 5.61. The minimum atomic E-state index is 0. The van der Waals surface area contributed by atoms with Crippen LogP contribution >= 0.6 is 24.8 Å². The van der Waals surface area contributed by atoms with Crippen molar-refractivity contribution in [3.63, 3.8) is 0 Å². The maximum absolute atomic E-state index is 12.2. The fraction of sp³-hybridized carbons (Fsp3) is 0.611. The van der Waals surface area contributed by atoms with Crippen molar-refractivity contribution in [2.45, 2.75) is 31.4 Å². The lowest BCUT2D eigenvalue weighted by Gasteiger charge is -2.29. The summed E-state index contributed by atoms with van der Waals surface area (Å²) in [6, 6.07) is 10.8. The van der Waals surface area contributed by atoms with Gasteiger partial charge in [0, 0.05) is 19.6 Å². The highest BCUT2D eigenvalue weighted by Gasteiger charge is 2.24. The predicted molar refractivity (Wildman–Crippen MR) is 105 cm³/mol. The second-order valence-corrected chi connectivity index (χ2v) is 6.37. The minimum absolute atomic E-state index is 0. The maximum Gasteiger partial charge on any atom is 0.222 e. The average Bonchev–Trinajstić information content (AvgIpc) is 3.11. The summed E-state index contributed by atoms with van der Waals surface area (Å²) in [4.78, 5) is 14.7. The van der Waals surface area contributed by atoms with E-state index >= 15 is 0 Å². The Morgan fingerprint density at radius 3 is 2.60 bits per heavy atom. The monoisotopic (exact) mass is 389 g/mol. The highest BCUT2D eigenvalue weighted by molar-refractivity contribution is 5.85. The molecule has 5 nitrogen and oxygen atoms in total. The van der Waals surface area contributed by atoms with Crippen LogP contribution in [0.1, 0.15) is 30.9 Å². The van der Waals surface area contributed by atoms with Crippen LogP contribution in [0.25, 0.3) is 0 Å². The highest BCUT2D eigenvalue weighted by Crippen LogP contribution is 2.24. The predicted octanol–water partition coefficient (Wildman–Crippen LogP) is 2.16. The Kier molecular flexibility index (Phi) is 10.4. The number of likely N-dealkylation sites (tertiary alicyclic amines) is 1. The zero-order valence-corrected chi connectivity index (χ0v) is 16.1. The quantitative estimate of drug-likeness (QED) is 0.782. The lowest BCUT2D eigenvalue weighted by molar-refractivity contribution is -0.124. The minimum Gasteiger partial charge on any atom is -0.375 e. The van der Waals surface area contributed by atoms with E-state index in [4.69, 9.17) is 4.74 Å². The molecule has 2 N–H and O–H groups in total. The summed E-state index contributed by atoms with van der Waals surface area (Å²) in [5, 5.41) is 6.38. The summed E-state index contributed by atoms with van der Waals surface area (Å²) in [5.74, 6) is 0.0822. The molecule has 1 amide bonds. The zero-order chi connectivity index (χ0) is 15.9. The van der Waals surface area contributed by atoms with E-state index in [2.05, 4.69) is 39.8 Å². The van der Waals surface area contributed by atoms with Gasteiger partial charge in [0.05, 0.1) is 25.2 Å². The maximum atomic E-state index is 12.2. The first kappa shape index (κ1) is 22.2. The second-order valence-electron chi connectivity index (χ2n) is 6.37. The van der Waals surface area contributed by atoms with E-state index in [1.165, 1.54) is 18.4 Å². The van der Waals surface area contributed by atoms with Crippen molar-refractivity contribution in [3.05, 3.63) is 35.9 Å². The van der Waals surface area contributed by atoms with Gasteiger partial charge in [-0.15, -0.1) is 24.8 Å². The van der Waals surface area contributed by atoms with E-state index in [1.807, 2.05) is 6.07 Å². The second kappa shape index (κ2) is 11.7. The van der Waals surface area contributed by atoms with Gasteiger partial charge >= 0.3 is 0 Å². The van der Waals surface area contributed by atoms with E-state index in [9.17, 15) is 4.79 Å². The van der Waals surface area contributed by atoms with Crippen molar-refractivity contribution in [1.82, 2.24) is 15.5 Å². The molecule has 0 radical (unpaired) electrons. The fourth-order valence-electron chi connectivity index (χ4n) is 3.43. The number of amides is 1. The van der Waals surface area contributed by atoms with Crippen LogP contribution in [-0.4, -0.2) is 56.2 Å². The highest BCUT2D eigenvalue weighted by atomic mass is 35.5. The standard InChI is InChI=1S/C18H27N3O2.2ClH/c22-18(12-16-13-19-8-11-23-16)20-14-17(21-9-4-5-10-21)15-6-2-1-3-7-15;;/h1-3,6-7,16-17,19H,4-5,8-14H2,(H,20,22);2*1H. The number of ether oxygens (including phenoxy) is 1. The molecule has 142 valence electrons. The first-order valence-electron chi connectivity index (χ1n) is 8.71. The van der Waals surface area contributed by atoms with E-state index in [1.54, 1.807) is 0 Å². The van der Waals surface area contributed by atoms with Crippen molar-refractivity contribution in [2.24, 2.45) is 0 Å². The van der Waals surface area contributed by atoms with Crippen molar-refractivity contribution >= 4 is 30.7 Å². The van der Waals surface area contributed by atoms with Gasteiger partial charge in [-0.25, -0.2) is 0 Å². The van der Waals surface area contributed by atoms with Gasteiger partial charge in [0.2, 0.25) is 5.91 Å². The Morgan fingerprint density at radius 2 is 1.96 bits per heavy atom. The largest absolute Gasteiger partial charge is 0.375 e. The number of hydrogen-bond donors (Lipinski definition) is 2. The summed E-state index contributed by atoms with van der Waals surface area (Å²) in [6.07, 6.45) is 2.94. The van der Waals surface area contributed by atoms with Crippen LogP contribution in [0.5, 0.6) is 0 Å². The van der Waals surface area contributed by atoms with Crippen molar-refractivity contribution in [2.75, 3.05) is 39.3 Å². The molecule has 2 unspecified atom stereocenters. The van der Waals surface area contributed by atoms with E-state index < -0.39 is 0 Å². The van der Waals surface area contributed by atoms with Gasteiger partial charge in [0.1, 0.15) is 0 Å². The lowest BCUT2D eigenvalue weighted by atomic mass is 10.1. The smallest absolute Gasteiger partial charge is 0.222 e. The number of carbonyl (C=O) groups is 1. The van der Waals surface area contributed by atoms with Crippen molar-refractivity contribution in [3.8, 4) is 0 Å². The number of carbonyl (C=O) groups excluding carboxylic acids is 1. The van der Waals surface area contributed by atoms with Gasteiger partial charge in [0.15, 0.2) is 0 Å². The van der Waals surface area contributed by atoms with Crippen LogP contribution in [0.3, 0.4) is 0 Å². The summed E-state index contributed by atoms with van der Waals surface area (Å²) in [7, 11) is 0. The molecule has 7 heteroatoms. The molecule has 1 aromatic rings. The van der Waals surface area contributed by atoms with Crippen LogP contribution < -0.4 is 10.6 Å². The molecular weight excluding hydrogens is 361 g/mol. The molecule has 0 bridgehead atoms. The van der Waals surface area contributed by atoms with Crippen molar-refractivity contribution < 1.29 is 9.53 Å². The molecule has 0 spiro atoms. The van der Waals surface area contributed by atoms with E-state index in [0.29, 0.717) is 19.6 Å². The van der Waals surface area contributed by atoms with Crippen molar-refractivity contribution in [1.29, 1.82) is 0 Å². The first-order chi connectivity index (χ1) is 11.3. The molecule has 2 aliphatic heterocycles. The Labute approximate surface area is 162 Å². The molecule has 0 saturated carbocycles. The van der Waals surface area contributed by atoms with Crippen LogP contribution in [0.15, 0.2) is 30.3 Å². The third-order valence-electron chi connectivity index (χ3n) is 4.68. The van der Waals surface area contributed by atoms with Gasteiger partial charge in [0.25, 0.3) is 0 Å². The normalized spacial score (nSPS) is 21.7. The molecule has 2 aliphatic rings. The summed E-state index contributed by atoms with van der Waals surface area (Å²) in [5.41, 5.74) is 1.28. The summed E-state index contributed by atoms with van der Waals surface area (Å²) in [6.45, 7) is 5.24. The molecule has 1 aromatic carbocycles. The number of nitrogens with one attached hydrogen (secondary N) is 2. The Bertz CT molecular complexity index is 492. The number of rotatable bonds is 6. The molecule has 2 atom stereocenters. The molecular formula is C18H29Cl2N3O2. The third kappa shape index (κ3) is 6.76. The number of halogens is 2. The molecule has 25 heavy (non-hydrogen) atoms. The van der Waals surface area contributed by atoms with Gasteiger partial charge in [-0.2, -0.15) is 0 Å². The van der Waals surface area contributed by atoms with Crippen LogP contribution in [-0.2, 0) is 9.53 Å². The first-order valence-corrected chi connectivity index (χ1v) is 8.71. The fourth-order valence-corrected chi connectivity index (χ4v) is 3.43.